The molecule has 0 atom stereocenters. The molecule has 2 rings (SSSR count). The molecular weight excluding hydrogens is 334 g/mol. The predicted molar refractivity (Wildman–Crippen MR) is 98.1 cm³/mol. The molecule has 1 fully saturated rings. The molecule has 7 nitrogen and oxygen atoms in total. The zero-order chi connectivity index (χ0) is 19.1. The maximum absolute atomic E-state index is 12.0. The molecule has 1 saturated carbocycles. The van der Waals surface area contributed by atoms with Gasteiger partial charge < -0.3 is 20.6 Å². The lowest BCUT2D eigenvalue weighted by molar-refractivity contribution is -0.142. The summed E-state index contributed by atoms with van der Waals surface area (Å²) in [5.41, 5.74) is 1.62. The normalized spacial score (nSPS) is 19.5. The smallest absolute Gasteiger partial charge is 0.315 e. The Morgan fingerprint density at radius 1 is 1.15 bits per heavy atom. The first kappa shape index (κ1) is 19.8. The number of nitrogens with zero attached hydrogens (tertiary/aromatic N) is 1. The van der Waals surface area contributed by atoms with E-state index in [9.17, 15) is 14.4 Å². The second kappa shape index (κ2) is 9.22. The van der Waals surface area contributed by atoms with Crippen molar-refractivity contribution in [3.8, 4) is 0 Å². The summed E-state index contributed by atoms with van der Waals surface area (Å²) in [6.07, 6.45) is 3.23. The van der Waals surface area contributed by atoms with Gasteiger partial charge in [0.15, 0.2) is 0 Å². The van der Waals surface area contributed by atoms with Crippen molar-refractivity contribution in [1.82, 2.24) is 15.5 Å². The van der Waals surface area contributed by atoms with Gasteiger partial charge in [-0.05, 0) is 49.8 Å². The lowest BCUT2D eigenvalue weighted by atomic mass is 9.86. The molecule has 0 unspecified atom stereocenters. The molecule has 0 bridgehead atoms. The molecule has 1 aromatic carbocycles. The maximum atomic E-state index is 12.0. The van der Waals surface area contributed by atoms with E-state index in [4.69, 9.17) is 5.11 Å². The van der Waals surface area contributed by atoms with Gasteiger partial charge in [-0.3, -0.25) is 9.59 Å². The van der Waals surface area contributed by atoms with Gasteiger partial charge in [0.1, 0.15) is 0 Å². The van der Waals surface area contributed by atoms with Gasteiger partial charge in [-0.25, -0.2) is 4.79 Å². The number of rotatable bonds is 6. The van der Waals surface area contributed by atoms with Gasteiger partial charge in [-0.15, -0.1) is 0 Å². The summed E-state index contributed by atoms with van der Waals surface area (Å²) in [6, 6.07) is 7.19. The first-order valence-electron chi connectivity index (χ1n) is 8.94. The summed E-state index contributed by atoms with van der Waals surface area (Å²) in [5, 5.41) is 14.7. The van der Waals surface area contributed by atoms with Gasteiger partial charge in [0.05, 0.1) is 5.92 Å². The van der Waals surface area contributed by atoms with Crippen LogP contribution in [0.4, 0.5) is 4.79 Å². The van der Waals surface area contributed by atoms with Gasteiger partial charge in [0.25, 0.3) is 5.91 Å². The quantitative estimate of drug-likeness (QED) is 0.720. The first-order chi connectivity index (χ1) is 12.4. The average Bonchev–Trinajstić information content (AvgIpc) is 2.61. The van der Waals surface area contributed by atoms with Crippen molar-refractivity contribution in [2.75, 3.05) is 20.6 Å². The van der Waals surface area contributed by atoms with Crippen molar-refractivity contribution in [3.05, 3.63) is 35.4 Å². The number of carboxylic acids is 1. The lowest BCUT2D eigenvalue weighted by Gasteiger charge is -2.26. The highest BCUT2D eigenvalue weighted by Crippen LogP contribution is 2.24. The van der Waals surface area contributed by atoms with E-state index in [0.717, 1.165) is 5.56 Å². The minimum atomic E-state index is -0.747. The third-order valence-corrected chi connectivity index (χ3v) is 4.69. The Balaban J connectivity index is 1.73. The van der Waals surface area contributed by atoms with Gasteiger partial charge in [0, 0.05) is 32.2 Å². The van der Waals surface area contributed by atoms with E-state index in [1.807, 2.05) is 18.2 Å². The molecule has 0 aromatic heterocycles. The van der Waals surface area contributed by atoms with Crippen molar-refractivity contribution in [3.63, 3.8) is 0 Å². The van der Waals surface area contributed by atoms with Crippen LogP contribution in [0.3, 0.4) is 0 Å². The standard InChI is InChI=1S/C19H27N3O4/c1-22(2)17(23)15-5-3-4-13(12-15)10-11-20-19(26)21-16-8-6-14(7-9-16)18(24)25/h3-5,12,14,16H,6-11H2,1-2H3,(H,24,25)(H2,20,21,26). The van der Waals surface area contributed by atoms with Crippen LogP contribution in [-0.4, -0.2) is 54.6 Å². The first-order valence-corrected chi connectivity index (χ1v) is 8.94. The SMILES string of the molecule is CN(C)C(=O)c1cccc(CCNC(=O)NC2CCC(C(=O)O)CC2)c1. The van der Waals surface area contributed by atoms with Crippen LogP contribution < -0.4 is 10.6 Å². The Kier molecular flexibility index (Phi) is 7.00. The number of carbonyl (C=O) groups excluding carboxylic acids is 2. The summed E-state index contributed by atoms with van der Waals surface area (Å²) in [5.74, 6) is -1.08. The highest BCUT2D eigenvalue weighted by molar-refractivity contribution is 5.94. The minimum absolute atomic E-state index is 0.0339. The summed E-state index contributed by atoms with van der Waals surface area (Å²) < 4.78 is 0. The van der Waals surface area contributed by atoms with Crippen molar-refractivity contribution >= 4 is 17.9 Å². The number of nitrogens with one attached hydrogen (secondary N) is 2. The summed E-state index contributed by atoms with van der Waals surface area (Å²) >= 11 is 0. The van der Waals surface area contributed by atoms with Crippen LogP contribution in [0.2, 0.25) is 0 Å². The average molecular weight is 361 g/mol. The zero-order valence-corrected chi connectivity index (χ0v) is 15.3. The van der Waals surface area contributed by atoms with Crippen LogP contribution in [0.15, 0.2) is 24.3 Å². The van der Waals surface area contributed by atoms with E-state index < -0.39 is 5.97 Å². The summed E-state index contributed by atoms with van der Waals surface area (Å²) in [6.45, 7) is 0.468. The Morgan fingerprint density at radius 2 is 1.85 bits per heavy atom. The number of hydrogen-bond donors (Lipinski definition) is 3. The predicted octanol–water partition coefficient (Wildman–Crippen LogP) is 1.87. The molecule has 0 spiro atoms. The van der Waals surface area contributed by atoms with E-state index in [2.05, 4.69) is 10.6 Å². The van der Waals surface area contributed by atoms with Crippen LogP contribution >= 0.6 is 0 Å². The number of carboxylic acid groups (broad SMARTS) is 1. The van der Waals surface area contributed by atoms with Crippen molar-refractivity contribution in [2.45, 2.75) is 38.1 Å². The molecule has 142 valence electrons. The molecule has 0 heterocycles. The van der Waals surface area contributed by atoms with Crippen LogP contribution in [0.1, 0.15) is 41.6 Å². The minimum Gasteiger partial charge on any atom is -0.481 e. The molecular formula is C19H27N3O4. The molecule has 0 radical (unpaired) electrons. The highest BCUT2D eigenvalue weighted by Gasteiger charge is 2.26. The van der Waals surface area contributed by atoms with Crippen LogP contribution in [0.25, 0.3) is 0 Å². The molecule has 7 heteroatoms. The van der Waals surface area contributed by atoms with Gasteiger partial charge in [-0.2, -0.15) is 0 Å². The number of hydrogen-bond acceptors (Lipinski definition) is 3. The number of carbonyl (C=O) groups is 3. The summed E-state index contributed by atoms with van der Waals surface area (Å²) in [7, 11) is 3.43. The fourth-order valence-electron chi connectivity index (χ4n) is 3.16. The van der Waals surface area contributed by atoms with Crippen molar-refractivity contribution in [1.29, 1.82) is 0 Å². The van der Waals surface area contributed by atoms with Gasteiger partial charge >= 0.3 is 12.0 Å². The fraction of sp³-hybridized carbons (Fsp3) is 0.526. The number of urea groups is 1. The Hall–Kier alpha value is -2.57. The van der Waals surface area contributed by atoms with E-state index in [1.54, 1.807) is 20.2 Å². The van der Waals surface area contributed by atoms with Gasteiger partial charge in [0.2, 0.25) is 0 Å². The van der Waals surface area contributed by atoms with Gasteiger partial charge in [-0.1, -0.05) is 12.1 Å². The molecule has 1 aromatic rings. The Morgan fingerprint density at radius 3 is 2.46 bits per heavy atom. The van der Waals surface area contributed by atoms with Crippen molar-refractivity contribution < 1.29 is 19.5 Å². The van der Waals surface area contributed by atoms with Crippen LogP contribution in [-0.2, 0) is 11.2 Å². The van der Waals surface area contributed by atoms with Crippen LogP contribution in [0.5, 0.6) is 0 Å². The lowest BCUT2D eigenvalue weighted by Crippen LogP contribution is -2.44. The van der Waals surface area contributed by atoms with E-state index in [0.29, 0.717) is 44.2 Å². The second-order valence-electron chi connectivity index (χ2n) is 6.94. The molecule has 0 aliphatic heterocycles. The molecule has 1 aliphatic rings. The monoisotopic (exact) mass is 361 g/mol. The van der Waals surface area contributed by atoms with E-state index in [-0.39, 0.29) is 23.9 Å². The topological polar surface area (TPSA) is 98.7 Å². The van der Waals surface area contributed by atoms with E-state index in [1.165, 1.54) is 4.90 Å². The fourth-order valence-corrected chi connectivity index (χ4v) is 3.16. The highest BCUT2D eigenvalue weighted by atomic mass is 16.4. The molecule has 3 N–H and O–H groups in total. The molecule has 26 heavy (non-hydrogen) atoms. The third kappa shape index (κ3) is 5.75. The van der Waals surface area contributed by atoms with Crippen molar-refractivity contribution in [2.24, 2.45) is 5.92 Å². The Labute approximate surface area is 153 Å². The number of amides is 3. The third-order valence-electron chi connectivity index (χ3n) is 4.69. The van der Waals surface area contributed by atoms with Crippen LogP contribution in [0, 0.1) is 5.92 Å². The Bertz CT molecular complexity index is 652. The van der Waals surface area contributed by atoms with E-state index >= 15 is 0 Å². The molecule has 3 amide bonds. The summed E-state index contributed by atoms with van der Waals surface area (Å²) in [4.78, 5) is 36.4. The number of aliphatic carboxylic acids is 1. The number of benzene rings is 1. The largest absolute Gasteiger partial charge is 0.481 e. The zero-order valence-electron chi connectivity index (χ0n) is 15.3. The maximum Gasteiger partial charge on any atom is 0.315 e. The second-order valence-corrected chi connectivity index (χ2v) is 6.94. The molecule has 1 aliphatic carbocycles. The molecule has 0 saturated heterocycles.